The second-order valence-corrected chi connectivity index (χ2v) is 7.59. The lowest BCUT2D eigenvalue weighted by Gasteiger charge is -2.23. The molecule has 2 aliphatic rings. The van der Waals surface area contributed by atoms with Crippen LogP contribution >= 0.6 is 0 Å². The van der Waals surface area contributed by atoms with E-state index in [0.717, 1.165) is 55.9 Å². The second-order valence-electron chi connectivity index (χ2n) is 7.59. The van der Waals surface area contributed by atoms with Crippen molar-refractivity contribution in [2.45, 2.75) is 64.5 Å². The number of carbonyl (C=O) groups excluding carboxylic acids is 1. The Bertz CT molecular complexity index is 809. The molecule has 1 atom stereocenters. The van der Waals surface area contributed by atoms with Gasteiger partial charge < -0.3 is 10.6 Å². The van der Waals surface area contributed by atoms with Crippen molar-refractivity contribution in [1.29, 1.82) is 0 Å². The molecule has 1 unspecified atom stereocenters. The van der Waals surface area contributed by atoms with Gasteiger partial charge in [-0.05, 0) is 63.6 Å². The SMILES string of the molecule is Cc1nc(CNC(=O)Cn2nccc2C2CCCNC2)nc2c1CCCC2. The first-order valence-corrected chi connectivity index (χ1v) is 10.0. The molecule has 1 saturated heterocycles. The molecule has 0 aromatic carbocycles. The highest BCUT2D eigenvalue weighted by atomic mass is 16.2. The summed E-state index contributed by atoms with van der Waals surface area (Å²) in [6, 6.07) is 2.03. The van der Waals surface area contributed by atoms with Gasteiger partial charge in [0.25, 0.3) is 0 Å². The summed E-state index contributed by atoms with van der Waals surface area (Å²) in [5, 5.41) is 10.7. The average Bonchev–Trinajstić information content (AvgIpc) is 3.15. The first kappa shape index (κ1) is 18.1. The van der Waals surface area contributed by atoms with Gasteiger partial charge in [-0.1, -0.05) is 0 Å². The van der Waals surface area contributed by atoms with Gasteiger partial charge in [-0.15, -0.1) is 0 Å². The summed E-state index contributed by atoms with van der Waals surface area (Å²) >= 11 is 0. The normalized spacial score (nSPS) is 19.5. The maximum Gasteiger partial charge on any atom is 0.242 e. The van der Waals surface area contributed by atoms with Crippen LogP contribution in [0.5, 0.6) is 0 Å². The van der Waals surface area contributed by atoms with Crippen molar-refractivity contribution in [1.82, 2.24) is 30.4 Å². The van der Waals surface area contributed by atoms with Crippen LogP contribution in [0.4, 0.5) is 0 Å². The summed E-state index contributed by atoms with van der Waals surface area (Å²) in [7, 11) is 0. The molecule has 4 rings (SSSR count). The van der Waals surface area contributed by atoms with Gasteiger partial charge in [-0.2, -0.15) is 5.10 Å². The molecular weight excluding hydrogens is 340 g/mol. The molecule has 2 aromatic rings. The Hall–Kier alpha value is -2.28. The molecule has 3 heterocycles. The van der Waals surface area contributed by atoms with Gasteiger partial charge in [-0.3, -0.25) is 9.48 Å². The van der Waals surface area contributed by atoms with E-state index < -0.39 is 0 Å². The van der Waals surface area contributed by atoms with Crippen molar-refractivity contribution in [3.63, 3.8) is 0 Å². The van der Waals surface area contributed by atoms with E-state index in [1.165, 1.54) is 18.4 Å². The van der Waals surface area contributed by atoms with Crippen molar-refractivity contribution < 1.29 is 4.79 Å². The molecule has 144 valence electrons. The highest BCUT2D eigenvalue weighted by molar-refractivity contribution is 5.75. The number of rotatable bonds is 5. The Kier molecular flexibility index (Phi) is 5.48. The van der Waals surface area contributed by atoms with Gasteiger partial charge in [0.05, 0.1) is 6.54 Å². The minimum atomic E-state index is -0.0531. The number of fused-ring (bicyclic) bond motifs is 1. The van der Waals surface area contributed by atoms with Crippen molar-refractivity contribution in [2.24, 2.45) is 0 Å². The maximum absolute atomic E-state index is 12.4. The number of aromatic nitrogens is 4. The fourth-order valence-electron chi connectivity index (χ4n) is 4.22. The number of amides is 1. The quantitative estimate of drug-likeness (QED) is 0.838. The van der Waals surface area contributed by atoms with Crippen molar-refractivity contribution >= 4 is 5.91 Å². The summed E-state index contributed by atoms with van der Waals surface area (Å²) in [6.45, 7) is 4.68. The van der Waals surface area contributed by atoms with E-state index in [1.54, 1.807) is 6.20 Å². The molecule has 7 nitrogen and oxygen atoms in total. The third kappa shape index (κ3) is 4.18. The van der Waals surface area contributed by atoms with Gasteiger partial charge >= 0.3 is 0 Å². The summed E-state index contributed by atoms with van der Waals surface area (Å²) < 4.78 is 1.83. The van der Waals surface area contributed by atoms with Gasteiger partial charge in [-0.25, -0.2) is 9.97 Å². The molecule has 7 heteroatoms. The Morgan fingerprint density at radius 3 is 3.04 bits per heavy atom. The van der Waals surface area contributed by atoms with Crippen molar-refractivity contribution in [3.8, 4) is 0 Å². The second kappa shape index (κ2) is 8.17. The third-order valence-corrected chi connectivity index (χ3v) is 5.64. The zero-order valence-corrected chi connectivity index (χ0v) is 16.0. The van der Waals surface area contributed by atoms with Gasteiger partial charge in [0.15, 0.2) is 0 Å². The van der Waals surface area contributed by atoms with Crippen LogP contribution in [0.1, 0.15) is 60.1 Å². The summed E-state index contributed by atoms with van der Waals surface area (Å²) in [4.78, 5) is 21.7. The molecule has 1 fully saturated rings. The fourth-order valence-corrected chi connectivity index (χ4v) is 4.22. The van der Waals surface area contributed by atoms with Gasteiger partial charge in [0, 0.05) is 35.7 Å². The Labute approximate surface area is 160 Å². The highest BCUT2D eigenvalue weighted by Crippen LogP contribution is 2.23. The molecule has 0 radical (unpaired) electrons. The number of nitrogens with zero attached hydrogens (tertiary/aromatic N) is 4. The molecule has 1 aliphatic heterocycles. The van der Waals surface area contributed by atoms with E-state index >= 15 is 0 Å². The Morgan fingerprint density at radius 2 is 2.19 bits per heavy atom. The predicted octanol–water partition coefficient (Wildman–Crippen LogP) is 1.64. The van der Waals surface area contributed by atoms with Crippen molar-refractivity contribution in [3.05, 3.63) is 40.7 Å². The zero-order chi connectivity index (χ0) is 18.6. The number of hydrogen-bond acceptors (Lipinski definition) is 5. The van der Waals surface area contributed by atoms with Crippen LogP contribution in [-0.2, 0) is 30.7 Å². The standard InChI is InChI=1S/C20H28N6O/c1-14-16-6-2-3-7-17(16)25-19(24-14)12-22-20(27)13-26-18(8-10-23-26)15-5-4-9-21-11-15/h8,10,15,21H,2-7,9,11-13H2,1H3,(H,22,27). The molecule has 27 heavy (non-hydrogen) atoms. The largest absolute Gasteiger partial charge is 0.347 e. The number of piperidine rings is 1. The summed E-state index contributed by atoms with van der Waals surface area (Å²) in [6.07, 6.45) is 8.59. The molecule has 1 aliphatic carbocycles. The minimum Gasteiger partial charge on any atom is -0.347 e. The van der Waals surface area contributed by atoms with E-state index in [2.05, 4.69) is 25.7 Å². The number of carbonyl (C=O) groups is 1. The number of nitrogens with one attached hydrogen (secondary N) is 2. The maximum atomic E-state index is 12.4. The minimum absolute atomic E-state index is 0.0531. The summed E-state index contributed by atoms with van der Waals surface area (Å²) in [5.74, 6) is 1.09. The summed E-state index contributed by atoms with van der Waals surface area (Å²) in [5.41, 5.74) is 4.66. The van der Waals surface area contributed by atoms with Crippen LogP contribution < -0.4 is 10.6 Å². The topological polar surface area (TPSA) is 84.7 Å². The van der Waals surface area contributed by atoms with Gasteiger partial charge in [0.1, 0.15) is 12.4 Å². The van der Waals surface area contributed by atoms with Crippen LogP contribution in [-0.4, -0.2) is 38.7 Å². The first-order chi connectivity index (χ1) is 13.2. The fraction of sp³-hybridized carbons (Fsp3) is 0.600. The molecule has 0 spiro atoms. The Morgan fingerprint density at radius 1 is 1.30 bits per heavy atom. The third-order valence-electron chi connectivity index (χ3n) is 5.64. The lowest BCUT2D eigenvalue weighted by molar-refractivity contribution is -0.122. The van der Waals surface area contributed by atoms with E-state index in [9.17, 15) is 4.79 Å². The molecule has 2 aromatic heterocycles. The Balaban J connectivity index is 1.37. The van der Waals surface area contributed by atoms with Crippen molar-refractivity contribution in [2.75, 3.05) is 13.1 Å². The highest BCUT2D eigenvalue weighted by Gasteiger charge is 2.20. The molecule has 1 amide bonds. The van der Waals surface area contributed by atoms with Crippen LogP contribution in [0, 0.1) is 6.92 Å². The average molecular weight is 368 g/mol. The number of aryl methyl sites for hydroxylation is 2. The van der Waals surface area contributed by atoms with E-state index in [-0.39, 0.29) is 12.5 Å². The van der Waals surface area contributed by atoms with E-state index in [4.69, 9.17) is 0 Å². The molecule has 0 bridgehead atoms. The van der Waals surface area contributed by atoms with E-state index in [0.29, 0.717) is 18.3 Å². The smallest absolute Gasteiger partial charge is 0.242 e. The van der Waals surface area contributed by atoms with E-state index in [1.807, 2.05) is 17.7 Å². The lowest BCUT2D eigenvalue weighted by Crippen LogP contribution is -2.32. The number of hydrogen-bond donors (Lipinski definition) is 2. The molecule has 2 N–H and O–H groups in total. The van der Waals surface area contributed by atoms with Crippen LogP contribution in [0.25, 0.3) is 0 Å². The van der Waals surface area contributed by atoms with Gasteiger partial charge in [0.2, 0.25) is 5.91 Å². The van der Waals surface area contributed by atoms with Crippen LogP contribution in [0.3, 0.4) is 0 Å². The predicted molar refractivity (Wildman–Crippen MR) is 102 cm³/mol. The molecular formula is C20H28N6O. The first-order valence-electron chi connectivity index (χ1n) is 10.0. The lowest BCUT2D eigenvalue weighted by atomic mass is 9.95. The molecule has 0 saturated carbocycles. The monoisotopic (exact) mass is 368 g/mol. The zero-order valence-electron chi connectivity index (χ0n) is 16.0. The van der Waals surface area contributed by atoms with Crippen LogP contribution in [0.15, 0.2) is 12.3 Å². The van der Waals surface area contributed by atoms with Crippen LogP contribution in [0.2, 0.25) is 0 Å².